The van der Waals surface area contributed by atoms with Gasteiger partial charge >= 0.3 is 0 Å². The van der Waals surface area contributed by atoms with Gasteiger partial charge in [-0.25, -0.2) is 4.98 Å². The molecule has 4 rings (SSSR count). The van der Waals surface area contributed by atoms with Crippen LogP contribution >= 0.6 is 0 Å². The fourth-order valence-electron chi connectivity index (χ4n) is 3.63. The molecule has 3 aromatic rings. The lowest BCUT2D eigenvalue weighted by Gasteiger charge is -2.35. The van der Waals surface area contributed by atoms with Gasteiger partial charge in [-0.05, 0) is 48.9 Å². The third kappa shape index (κ3) is 4.12. The van der Waals surface area contributed by atoms with Crippen LogP contribution in [0.4, 0.5) is 5.82 Å². The molecule has 148 valence electrons. The van der Waals surface area contributed by atoms with Crippen molar-refractivity contribution in [3.63, 3.8) is 0 Å². The maximum atomic E-state index is 12.9. The highest BCUT2D eigenvalue weighted by molar-refractivity contribution is 6.08. The minimum absolute atomic E-state index is 0.100. The van der Waals surface area contributed by atoms with Gasteiger partial charge in [0.05, 0.1) is 13.2 Å². The molecule has 1 atom stereocenters. The second kappa shape index (κ2) is 8.41. The first kappa shape index (κ1) is 19.1. The lowest BCUT2D eigenvalue weighted by Crippen LogP contribution is -2.46. The smallest absolute Gasteiger partial charge is 0.213 e. The van der Waals surface area contributed by atoms with Crippen molar-refractivity contribution in [1.29, 1.82) is 0 Å². The summed E-state index contributed by atoms with van der Waals surface area (Å²) in [6.45, 7) is 4.27. The van der Waals surface area contributed by atoms with E-state index < -0.39 is 0 Å². The zero-order chi connectivity index (χ0) is 20.2. The topological polar surface area (TPSA) is 67.3 Å². The summed E-state index contributed by atoms with van der Waals surface area (Å²) in [6.07, 6.45) is 1.69. The molecule has 0 amide bonds. The number of carbonyl (C=O) groups is 1. The van der Waals surface area contributed by atoms with Crippen molar-refractivity contribution in [2.24, 2.45) is 0 Å². The number of piperazine rings is 1. The molecule has 29 heavy (non-hydrogen) atoms. The van der Waals surface area contributed by atoms with Gasteiger partial charge in [0.2, 0.25) is 5.78 Å². The van der Waals surface area contributed by atoms with Crippen LogP contribution in [0.1, 0.15) is 33.4 Å². The number of ketones is 1. The van der Waals surface area contributed by atoms with Crippen LogP contribution in [-0.4, -0.2) is 42.5 Å². The highest BCUT2D eigenvalue weighted by Crippen LogP contribution is 2.24. The summed E-state index contributed by atoms with van der Waals surface area (Å²) in [5.41, 5.74) is 2.92. The Morgan fingerprint density at radius 2 is 2.03 bits per heavy atom. The Labute approximate surface area is 170 Å². The van der Waals surface area contributed by atoms with Crippen LogP contribution < -0.4 is 15.0 Å². The molecule has 1 aromatic carbocycles. The van der Waals surface area contributed by atoms with Crippen molar-refractivity contribution in [2.45, 2.75) is 13.0 Å². The molecule has 6 nitrogen and oxygen atoms in total. The van der Waals surface area contributed by atoms with Crippen LogP contribution in [0.15, 0.2) is 60.8 Å². The number of aryl methyl sites for hydroxylation is 1. The molecule has 0 saturated carbocycles. The first-order valence-electron chi connectivity index (χ1n) is 9.71. The van der Waals surface area contributed by atoms with Gasteiger partial charge in [-0.1, -0.05) is 18.2 Å². The van der Waals surface area contributed by atoms with Crippen molar-refractivity contribution >= 4 is 11.6 Å². The van der Waals surface area contributed by atoms with E-state index in [-0.39, 0.29) is 11.8 Å². The molecule has 1 aliphatic heterocycles. The maximum absolute atomic E-state index is 12.9. The van der Waals surface area contributed by atoms with Crippen LogP contribution in [-0.2, 0) is 0 Å². The lowest BCUT2D eigenvalue weighted by molar-refractivity contribution is 0.103. The van der Waals surface area contributed by atoms with Gasteiger partial charge in [-0.15, -0.1) is 0 Å². The number of nitrogens with one attached hydrogen (secondary N) is 1. The van der Waals surface area contributed by atoms with Crippen molar-refractivity contribution in [2.75, 3.05) is 31.6 Å². The van der Waals surface area contributed by atoms with Gasteiger partial charge in [-0.3, -0.25) is 9.78 Å². The molecule has 1 N–H and O–H groups in total. The SMILES string of the molecule is COc1cccc(C2CN(c3cccc(C(=O)c4cccnc4C)n3)CCN2)c1. The average molecular weight is 388 g/mol. The molecule has 1 saturated heterocycles. The molecule has 0 aliphatic carbocycles. The van der Waals surface area contributed by atoms with Gasteiger partial charge < -0.3 is 15.0 Å². The number of benzene rings is 1. The molecule has 1 fully saturated rings. The third-order valence-electron chi connectivity index (χ3n) is 5.21. The largest absolute Gasteiger partial charge is 0.497 e. The zero-order valence-corrected chi connectivity index (χ0v) is 16.6. The second-order valence-corrected chi connectivity index (χ2v) is 7.08. The van der Waals surface area contributed by atoms with Gasteiger partial charge in [0, 0.05) is 37.1 Å². The number of pyridine rings is 2. The molecule has 3 heterocycles. The maximum Gasteiger partial charge on any atom is 0.213 e. The normalized spacial score (nSPS) is 16.5. The van der Waals surface area contributed by atoms with E-state index in [4.69, 9.17) is 4.74 Å². The molecule has 0 radical (unpaired) electrons. The van der Waals surface area contributed by atoms with Gasteiger partial charge in [0.15, 0.2) is 0 Å². The van der Waals surface area contributed by atoms with Crippen LogP contribution in [0.2, 0.25) is 0 Å². The van der Waals surface area contributed by atoms with Crippen LogP contribution in [0.5, 0.6) is 5.75 Å². The molecule has 1 aliphatic rings. The van der Waals surface area contributed by atoms with Gasteiger partial charge in [0.1, 0.15) is 17.3 Å². The molecular weight excluding hydrogens is 364 g/mol. The first-order valence-corrected chi connectivity index (χ1v) is 9.71. The Hall–Kier alpha value is -3.25. The average Bonchev–Trinajstić information content (AvgIpc) is 2.79. The monoisotopic (exact) mass is 388 g/mol. The minimum atomic E-state index is -0.100. The van der Waals surface area contributed by atoms with Crippen molar-refractivity contribution < 1.29 is 9.53 Å². The number of hydrogen-bond donors (Lipinski definition) is 1. The summed E-state index contributed by atoms with van der Waals surface area (Å²) in [5, 5.41) is 3.56. The minimum Gasteiger partial charge on any atom is -0.497 e. The number of nitrogens with zero attached hydrogens (tertiary/aromatic N) is 3. The number of aromatic nitrogens is 2. The molecule has 2 aromatic heterocycles. The highest BCUT2D eigenvalue weighted by atomic mass is 16.5. The molecule has 0 spiro atoms. The number of anilines is 1. The molecule has 1 unspecified atom stereocenters. The van der Waals surface area contributed by atoms with E-state index in [0.29, 0.717) is 17.0 Å². The van der Waals surface area contributed by atoms with E-state index in [2.05, 4.69) is 32.3 Å². The summed E-state index contributed by atoms with van der Waals surface area (Å²) < 4.78 is 5.35. The van der Waals surface area contributed by atoms with Crippen LogP contribution in [0.3, 0.4) is 0 Å². The highest BCUT2D eigenvalue weighted by Gasteiger charge is 2.23. The molecular formula is C23H24N4O2. The van der Waals surface area contributed by atoms with Gasteiger partial charge in [0.25, 0.3) is 0 Å². The van der Waals surface area contributed by atoms with E-state index >= 15 is 0 Å². The molecule has 6 heteroatoms. The summed E-state index contributed by atoms with van der Waals surface area (Å²) in [5.74, 6) is 1.56. The summed E-state index contributed by atoms with van der Waals surface area (Å²) in [4.78, 5) is 24.0. The van der Waals surface area contributed by atoms with E-state index in [1.165, 1.54) is 5.56 Å². The summed E-state index contributed by atoms with van der Waals surface area (Å²) >= 11 is 0. The summed E-state index contributed by atoms with van der Waals surface area (Å²) in [7, 11) is 1.68. The van der Waals surface area contributed by atoms with Crippen molar-refractivity contribution in [3.05, 3.63) is 83.3 Å². The number of carbonyl (C=O) groups excluding carboxylic acids is 1. The van der Waals surface area contributed by atoms with Crippen LogP contribution in [0, 0.1) is 6.92 Å². The van der Waals surface area contributed by atoms with E-state index in [0.717, 1.165) is 31.2 Å². The fourth-order valence-corrected chi connectivity index (χ4v) is 3.63. The Balaban J connectivity index is 1.56. The number of methoxy groups -OCH3 is 1. The predicted molar refractivity (Wildman–Crippen MR) is 113 cm³/mol. The van der Waals surface area contributed by atoms with E-state index in [1.54, 1.807) is 31.5 Å². The first-order chi connectivity index (χ1) is 14.2. The molecule has 0 bridgehead atoms. The Morgan fingerprint density at radius 3 is 2.86 bits per heavy atom. The second-order valence-electron chi connectivity index (χ2n) is 7.08. The Bertz CT molecular complexity index is 1020. The van der Waals surface area contributed by atoms with Crippen molar-refractivity contribution in [1.82, 2.24) is 15.3 Å². The fraction of sp³-hybridized carbons (Fsp3) is 0.261. The summed E-state index contributed by atoms with van der Waals surface area (Å²) in [6, 6.07) is 17.5. The van der Waals surface area contributed by atoms with Crippen molar-refractivity contribution in [3.8, 4) is 5.75 Å². The predicted octanol–water partition coefficient (Wildman–Crippen LogP) is 3.18. The Kier molecular flexibility index (Phi) is 5.53. The van der Waals surface area contributed by atoms with Crippen LogP contribution in [0.25, 0.3) is 0 Å². The van der Waals surface area contributed by atoms with E-state index in [1.807, 2.05) is 31.2 Å². The third-order valence-corrected chi connectivity index (χ3v) is 5.21. The standard InChI is InChI=1S/C23H24N4O2/c1-16-19(8-5-11-24-16)23(28)20-9-4-10-22(26-20)27-13-12-25-21(15-27)17-6-3-7-18(14-17)29-2/h3-11,14,21,25H,12-13,15H2,1-2H3. The van der Waals surface area contributed by atoms with Gasteiger partial charge in [-0.2, -0.15) is 0 Å². The lowest BCUT2D eigenvalue weighted by atomic mass is 10.0. The van der Waals surface area contributed by atoms with E-state index in [9.17, 15) is 4.79 Å². The number of hydrogen-bond acceptors (Lipinski definition) is 6. The number of ether oxygens (including phenoxy) is 1. The number of rotatable bonds is 5. The Morgan fingerprint density at radius 1 is 1.17 bits per heavy atom. The zero-order valence-electron chi connectivity index (χ0n) is 16.6. The quantitative estimate of drug-likeness (QED) is 0.677.